The van der Waals surface area contributed by atoms with Crippen molar-refractivity contribution in [2.75, 3.05) is 13.2 Å². The molecule has 0 bridgehead atoms. The summed E-state index contributed by atoms with van der Waals surface area (Å²) < 4.78 is 34.5. The summed E-state index contributed by atoms with van der Waals surface area (Å²) in [5, 5.41) is 27.7. The molecule has 1 rings (SSSR count). The zero-order chi connectivity index (χ0) is 21.5. The van der Waals surface area contributed by atoms with E-state index in [4.69, 9.17) is 29.6 Å². The van der Waals surface area contributed by atoms with Crippen molar-refractivity contribution in [2.24, 2.45) is 0 Å². The van der Waals surface area contributed by atoms with Crippen LogP contribution in [0.4, 0.5) is 0 Å². The number of phosphoric ester groups is 2. The molecule has 0 amide bonds. The predicted molar refractivity (Wildman–Crippen MR) is 89.2 cm³/mol. The largest absolute Gasteiger partial charge is 0.504 e. The maximum absolute atomic E-state index is 12.1. The lowest BCUT2D eigenvalue weighted by atomic mass is 10.1. The SMILES string of the molecule is N#CC(=Cc1ccc(O)c(O)c1)C(=O)OC(COP(=O)(O)O)COP(=O)(O)O. The van der Waals surface area contributed by atoms with Gasteiger partial charge in [0.1, 0.15) is 17.7 Å². The minimum absolute atomic E-state index is 0.123. The lowest BCUT2D eigenvalue weighted by Crippen LogP contribution is -2.28. The highest BCUT2D eigenvalue weighted by molar-refractivity contribution is 7.46. The number of phosphoric acid groups is 2. The molecule has 154 valence electrons. The number of carbonyl (C=O) groups is 1. The third-order valence-corrected chi connectivity index (χ3v) is 3.75. The van der Waals surface area contributed by atoms with Crippen LogP contribution in [-0.4, -0.2) is 55.1 Å². The first-order valence-corrected chi connectivity index (χ1v) is 10.1. The Balaban J connectivity index is 2.96. The van der Waals surface area contributed by atoms with Crippen LogP contribution in [0, 0.1) is 11.3 Å². The number of hydrogen-bond acceptors (Lipinski definition) is 9. The molecule has 1 aromatic rings. The fourth-order valence-corrected chi connectivity index (χ4v) is 2.35. The number of hydrogen-bond donors (Lipinski definition) is 6. The number of phenolic OH excluding ortho intramolecular Hbond substituents is 2. The molecule has 28 heavy (non-hydrogen) atoms. The second kappa shape index (κ2) is 9.79. The van der Waals surface area contributed by atoms with Gasteiger partial charge in [0.15, 0.2) is 11.5 Å². The van der Waals surface area contributed by atoms with Gasteiger partial charge in [-0.1, -0.05) is 6.07 Å². The van der Waals surface area contributed by atoms with Gasteiger partial charge in [-0.05, 0) is 23.8 Å². The molecule has 0 aliphatic rings. The van der Waals surface area contributed by atoms with Crippen LogP contribution in [0.5, 0.6) is 11.5 Å². The number of nitriles is 1. The molecule has 0 heterocycles. The van der Waals surface area contributed by atoms with Gasteiger partial charge in [-0.2, -0.15) is 5.26 Å². The Morgan fingerprint density at radius 1 is 1.07 bits per heavy atom. The molecule has 0 aromatic heterocycles. The maximum atomic E-state index is 12.1. The molecule has 0 fully saturated rings. The molecule has 0 aliphatic heterocycles. The Labute approximate surface area is 157 Å². The third-order valence-electron chi connectivity index (χ3n) is 2.78. The molecule has 0 atom stereocenters. The number of ether oxygens (including phenoxy) is 1. The zero-order valence-electron chi connectivity index (χ0n) is 13.8. The summed E-state index contributed by atoms with van der Waals surface area (Å²) in [5.74, 6) is -2.30. The second-order valence-electron chi connectivity index (χ2n) is 5.02. The van der Waals surface area contributed by atoms with Crippen LogP contribution in [0.1, 0.15) is 5.56 Å². The van der Waals surface area contributed by atoms with Crippen molar-refractivity contribution in [3.05, 3.63) is 29.3 Å². The van der Waals surface area contributed by atoms with E-state index in [1.54, 1.807) is 0 Å². The van der Waals surface area contributed by atoms with Crippen molar-refractivity contribution in [1.29, 1.82) is 5.26 Å². The van der Waals surface area contributed by atoms with Gasteiger partial charge >= 0.3 is 21.6 Å². The topological polar surface area (TPSA) is 224 Å². The van der Waals surface area contributed by atoms with Gasteiger partial charge in [0.05, 0.1) is 13.2 Å². The van der Waals surface area contributed by atoms with Crippen molar-refractivity contribution in [3.63, 3.8) is 0 Å². The van der Waals surface area contributed by atoms with Gasteiger partial charge in [0.25, 0.3) is 0 Å². The minimum Gasteiger partial charge on any atom is -0.504 e. The Hall–Kier alpha value is -2.26. The summed E-state index contributed by atoms with van der Waals surface area (Å²) in [4.78, 5) is 46.8. The molecule has 13 nitrogen and oxygen atoms in total. The van der Waals surface area contributed by atoms with E-state index in [0.717, 1.165) is 18.2 Å². The highest BCUT2D eigenvalue weighted by Crippen LogP contribution is 2.38. The number of rotatable bonds is 9. The average Bonchev–Trinajstić information content (AvgIpc) is 2.56. The summed E-state index contributed by atoms with van der Waals surface area (Å²) in [6.07, 6.45) is -0.718. The molecule has 0 saturated heterocycles. The Kier molecular flexibility index (Phi) is 8.31. The molecule has 1 aromatic carbocycles. The van der Waals surface area contributed by atoms with Crippen molar-refractivity contribution < 1.29 is 57.5 Å². The van der Waals surface area contributed by atoms with Crippen LogP contribution in [0.25, 0.3) is 6.08 Å². The van der Waals surface area contributed by atoms with Crippen LogP contribution in [-0.2, 0) is 27.7 Å². The number of carbonyl (C=O) groups excluding carboxylic acids is 1. The lowest BCUT2D eigenvalue weighted by molar-refractivity contribution is -0.147. The second-order valence-corrected chi connectivity index (χ2v) is 7.50. The van der Waals surface area contributed by atoms with E-state index >= 15 is 0 Å². The molecular formula is C13H15NO12P2. The number of nitrogens with zero attached hydrogens (tertiary/aromatic N) is 1. The number of esters is 1. The summed E-state index contributed by atoms with van der Waals surface area (Å²) in [7, 11) is -9.99. The maximum Gasteiger partial charge on any atom is 0.469 e. The highest BCUT2D eigenvalue weighted by atomic mass is 31.2. The molecule has 15 heteroatoms. The van der Waals surface area contributed by atoms with E-state index < -0.39 is 58.0 Å². The Morgan fingerprint density at radius 3 is 2.04 bits per heavy atom. The first-order chi connectivity index (χ1) is 12.8. The van der Waals surface area contributed by atoms with E-state index in [9.17, 15) is 24.1 Å². The monoisotopic (exact) mass is 439 g/mol. The lowest BCUT2D eigenvalue weighted by Gasteiger charge is -2.18. The number of benzene rings is 1. The van der Waals surface area contributed by atoms with Gasteiger partial charge in [-0.15, -0.1) is 0 Å². The molecule has 6 N–H and O–H groups in total. The van der Waals surface area contributed by atoms with E-state index in [2.05, 4.69) is 9.05 Å². The van der Waals surface area contributed by atoms with Gasteiger partial charge < -0.3 is 34.5 Å². The Bertz CT molecular complexity index is 854. The van der Waals surface area contributed by atoms with Crippen LogP contribution < -0.4 is 0 Å². The summed E-state index contributed by atoms with van der Waals surface area (Å²) in [6, 6.07) is 4.87. The van der Waals surface area contributed by atoms with Gasteiger partial charge in [-0.25, -0.2) is 13.9 Å². The van der Waals surface area contributed by atoms with Crippen LogP contribution >= 0.6 is 15.6 Å². The van der Waals surface area contributed by atoms with Crippen LogP contribution in [0.2, 0.25) is 0 Å². The quantitative estimate of drug-likeness (QED) is 0.0991. The van der Waals surface area contributed by atoms with Crippen molar-refractivity contribution >= 4 is 27.7 Å². The number of aromatic hydroxyl groups is 2. The molecule has 0 spiro atoms. The van der Waals surface area contributed by atoms with Gasteiger partial charge in [0.2, 0.25) is 0 Å². The minimum atomic E-state index is -5.00. The van der Waals surface area contributed by atoms with E-state index in [1.165, 1.54) is 12.1 Å². The van der Waals surface area contributed by atoms with Gasteiger partial charge in [-0.3, -0.25) is 9.05 Å². The van der Waals surface area contributed by atoms with Crippen molar-refractivity contribution in [1.82, 2.24) is 0 Å². The number of phenols is 2. The van der Waals surface area contributed by atoms with E-state index in [-0.39, 0.29) is 5.56 Å². The van der Waals surface area contributed by atoms with Crippen molar-refractivity contribution in [2.45, 2.75) is 6.10 Å². The van der Waals surface area contributed by atoms with Crippen LogP contribution in [0.15, 0.2) is 23.8 Å². The molecular weight excluding hydrogens is 424 g/mol. The summed E-state index contributed by atoms with van der Waals surface area (Å²) in [6.45, 7) is -1.98. The first kappa shape index (κ1) is 23.8. The smallest absolute Gasteiger partial charge is 0.469 e. The molecule has 0 radical (unpaired) electrons. The third kappa shape index (κ3) is 9.09. The first-order valence-electron chi connectivity index (χ1n) is 7.05. The fourth-order valence-electron chi connectivity index (χ4n) is 1.63. The summed E-state index contributed by atoms with van der Waals surface area (Å²) in [5.41, 5.74) is -0.513. The molecule has 0 unspecified atom stereocenters. The highest BCUT2D eigenvalue weighted by Gasteiger charge is 2.26. The zero-order valence-corrected chi connectivity index (χ0v) is 15.6. The Morgan fingerprint density at radius 2 is 1.61 bits per heavy atom. The summed E-state index contributed by atoms with van der Waals surface area (Å²) >= 11 is 0. The normalized spacial score (nSPS) is 12.6. The van der Waals surface area contributed by atoms with E-state index in [0.29, 0.717) is 0 Å². The molecule has 0 saturated carbocycles. The predicted octanol–water partition coefficient (Wildman–Crippen LogP) is 0.135. The van der Waals surface area contributed by atoms with Gasteiger partial charge in [0, 0.05) is 0 Å². The molecule has 0 aliphatic carbocycles. The van der Waals surface area contributed by atoms with Crippen molar-refractivity contribution in [3.8, 4) is 17.6 Å². The standard InChI is InChI=1S/C13H15NO12P2/c14-5-9(3-8-1-2-11(15)12(16)4-8)13(17)26-10(6-24-27(18,19)20)7-25-28(21,22)23/h1-4,10,15-16H,6-7H2,(H2,18,19,20)(H2,21,22,23). The van der Waals surface area contributed by atoms with E-state index in [1.807, 2.05) is 0 Å². The average molecular weight is 439 g/mol. The van der Waals surface area contributed by atoms with Crippen LogP contribution in [0.3, 0.4) is 0 Å². The fraction of sp³-hybridized carbons (Fsp3) is 0.231.